The van der Waals surface area contributed by atoms with E-state index in [2.05, 4.69) is 68.2 Å². The second-order valence-electron chi connectivity index (χ2n) is 8.66. The number of benzene rings is 1. The molecular formula is C24H38N6O. The first-order chi connectivity index (χ1) is 15.0. The van der Waals surface area contributed by atoms with Gasteiger partial charge in [0.1, 0.15) is 5.82 Å². The molecule has 1 atom stereocenters. The van der Waals surface area contributed by atoms with Gasteiger partial charge in [0.25, 0.3) is 0 Å². The Kier molecular flexibility index (Phi) is 8.91. The van der Waals surface area contributed by atoms with Gasteiger partial charge >= 0.3 is 0 Å². The standard InChI is InChI=1S/C24H38N6O/c1-19(2)14-23(29-10-12-31-13-11-29)17-28-24(25-4)27-16-21-6-5-7-22(15-21)18-30-9-8-26-20(30)3/h5-9,15,19,23H,10-14,16-18H2,1-4H3,(H2,25,27,28). The Bertz CT molecular complexity index is 825. The summed E-state index contributed by atoms with van der Waals surface area (Å²) in [6, 6.07) is 9.17. The number of nitrogens with one attached hydrogen (secondary N) is 2. The van der Waals surface area contributed by atoms with E-state index in [1.54, 1.807) is 0 Å². The molecule has 0 aliphatic carbocycles. The van der Waals surface area contributed by atoms with Gasteiger partial charge in [-0.2, -0.15) is 0 Å². The minimum Gasteiger partial charge on any atom is -0.379 e. The van der Waals surface area contributed by atoms with Crippen molar-refractivity contribution in [3.05, 3.63) is 53.6 Å². The van der Waals surface area contributed by atoms with Crippen LogP contribution in [0.4, 0.5) is 0 Å². The zero-order valence-corrected chi connectivity index (χ0v) is 19.5. The van der Waals surface area contributed by atoms with Gasteiger partial charge in [0, 0.05) is 58.2 Å². The molecule has 31 heavy (non-hydrogen) atoms. The van der Waals surface area contributed by atoms with Crippen molar-refractivity contribution in [1.29, 1.82) is 0 Å². The summed E-state index contributed by atoms with van der Waals surface area (Å²) in [4.78, 5) is 11.3. The molecular weight excluding hydrogens is 388 g/mol. The van der Waals surface area contributed by atoms with Crippen LogP contribution in [0.3, 0.4) is 0 Å². The maximum atomic E-state index is 5.54. The van der Waals surface area contributed by atoms with Crippen LogP contribution < -0.4 is 10.6 Å². The molecule has 3 rings (SSSR count). The molecule has 0 amide bonds. The fourth-order valence-electron chi connectivity index (χ4n) is 4.07. The van der Waals surface area contributed by atoms with E-state index >= 15 is 0 Å². The fraction of sp³-hybridized carbons (Fsp3) is 0.583. The minimum atomic E-state index is 0.490. The number of aromatic nitrogens is 2. The first kappa shape index (κ1) is 23.3. The number of guanidine groups is 1. The molecule has 1 saturated heterocycles. The van der Waals surface area contributed by atoms with Crippen LogP contribution >= 0.6 is 0 Å². The summed E-state index contributed by atoms with van der Waals surface area (Å²) in [6.07, 6.45) is 5.04. The van der Waals surface area contributed by atoms with Crippen molar-refractivity contribution in [3.8, 4) is 0 Å². The highest BCUT2D eigenvalue weighted by Gasteiger charge is 2.22. The first-order valence-corrected chi connectivity index (χ1v) is 11.4. The van der Waals surface area contributed by atoms with E-state index < -0.39 is 0 Å². The third kappa shape index (κ3) is 7.36. The lowest BCUT2D eigenvalue weighted by Crippen LogP contribution is -2.50. The van der Waals surface area contributed by atoms with Gasteiger partial charge in [0.15, 0.2) is 5.96 Å². The van der Waals surface area contributed by atoms with Gasteiger partial charge in [0.2, 0.25) is 0 Å². The van der Waals surface area contributed by atoms with Crippen molar-refractivity contribution in [2.24, 2.45) is 10.9 Å². The molecule has 1 aromatic heterocycles. The summed E-state index contributed by atoms with van der Waals surface area (Å²) in [5.41, 5.74) is 2.51. The highest BCUT2D eigenvalue weighted by atomic mass is 16.5. The predicted octanol–water partition coefficient (Wildman–Crippen LogP) is 2.65. The molecule has 7 heteroatoms. The molecule has 7 nitrogen and oxygen atoms in total. The fourth-order valence-corrected chi connectivity index (χ4v) is 4.07. The van der Waals surface area contributed by atoms with Crippen LogP contribution in [-0.2, 0) is 17.8 Å². The van der Waals surface area contributed by atoms with E-state index in [4.69, 9.17) is 4.74 Å². The van der Waals surface area contributed by atoms with Crippen LogP contribution in [0.15, 0.2) is 41.7 Å². The zero-order valence-electron chi connectivity index (χ0n) is 19.5. The molecule has 2 N–H and O–H groups in total. The molecule has 1 aliphatic heterocycles. The third-order valence-corrected chi connectivity index (χ3v) is 5.76. The van der Waals surface area contributed by atoms with Crippen LogP contribution in [0.5, 0.6) is 0 Å². The number of rotatable bonds is 9. The van der Waals surface area contributed by atoms with Gasteiger partial charge in [-0.1, -0.05) is 38.1 Å². The van der Waals surface area contributed by atoms with Crippen molar-refractivity contribution >= 4 is 5.96 Å². The lowest BCUT2D eigenvalue weighted by atomic mass is 10.0. The zero-order chi connectivity index (χ0) is 22.1. The van der Waals surface area contributed by atoms with Crippen molar-refractivity contribution in [1.82, 2.24) is 25.1 Å². The summed E-state index contributed by atoms with van der Waals surface area (Å²) in [7, 11) is 1.83. The summed E-state index contributed by atoms with van der Waals surface area (Å²) in [6.45, 7) is 12.8. The van der Waals surface area contributed by atoms with Gasteiger partial charge in [-0.05, 0) is 30.4 Å². The maximum absolute atomic E-state index is 5.54. The molecule has 2 heterocycles. The maximum Gasteiger partial charge on any atom is 0.191 e. The van der Waals surface area contributed by atoms with E-state index in [0.717, 1.165) is 57.7 Å². The number of hydrogen-bond donors (Lipinski definition) is 2. The molecule has 0 radical (unpaired) electrons. The molecule has 2 aromatic rings. The van der Waals surface area contributed by atoms with Crippen LogP contribution in [0, 0.1) is 12.8 Å². The number of nitrogens with zero attached hydrogens (tertiary/aromatic N) is 4. The molecule has 170 valence electrons. The second kappa shape index (κ2) is 11.9. The van der Waals surface area contributed by atoms with E-state index in [1.165, 1.54) is 17.5 Å². The van der Waals surface area contributed by atoms with Gasteiger partial charge in [-0.3, -0.25) is 9.89 Å². The Balaban J connectivity index is 1.52. The molecule has 0 spiro atoms. The van der Waals surface area contributed by atoms with Crippen LogP contribution in [0.2, 0.25) is 0 Å². The summed E-state index contributed by atoms with van der Waals surface area (Å²) in [5.74, 6) is 2.54. The van der Waals surface area contributed by atoms with Gasteiger partial charge in [0.05, 0.1) is 13.2 Å². The summed E-state index contributed by atoms with van der Waals surface area (Å²) in [5, 5.41) is 7.02. The van der Waals surface area contributed by atoms with Crippen LogP contribution in [-0.4, -0.2) is 66.3 Å². The highest BCUT2D eigenvalue weighted by molar-refractivity contribution is 5.79. The van der Waals surface area contributed by atoms with Crippen molar-refractivity contribution in [2.75, 3.05) is 39.9 Å². The molecule has 1 aromatic carbocycles. The van der Waals surface area contributed by atoms with E-state index in [9.17, 15) is 0 Å². The summed E-state index contributed by atoms with van der Waals surface area (Å²) < 4.78 is 7.70. The molecule has 1 unspecified atom stereocenters. The first-order valence-electron chi connectivity index (χ1n) is 11.4. The molecule has 1 fully saturated rings. The monoisotopic (exact) mass is 426 g/mol. The number of imidazole rings is 1. The predicted molar refractivity (Wildman–Crippen MR) is 126 cm³/mol. The Hall–Kier alpha value is -2.38. The van der Waals surface area contributed by atoms with Crippen molar-refractivity contribution < 1.29 is 4.74 Å². The number of hydrogen-bond acceptors (Lipinski definition) is 4. The Morgan fingerprint density at radius 3 is 2.65 bits per heavy atom. The number of aryl methyl sites for hydroxylation is 1. The Morgan fingerprint density at radius 1 is 1.19 bits per heavy atom. The lowest BCUT2D eigenvalue weighted by Gasteiger charge is -2.35. The van der Waals surface area contributed by atoms with E-state index in [0.29, 0.717) is 12.0 Å². The molecule has 0 saturated carbocycles. The highest BCUT2D eigenvalue weighted by Crippen LogP contribution is 2.13. The van der Waals surface area contributed by atoms with Gasteiger partial charge in [-0.25, -0.2) is 4.98 Å². The summed E-state index contributed by atoms with van der Waals surface area (Å²) >= 11 is 0. The normalized spacial score (nSPS) is 16.5. The van der Waals surface area contributed by atoms with Crippen molar-refractivity contribution in [2.45, 2.75) is 46.3 Å². The largest absolute Gasteiger partial charge is 0.379 e. The number of ether oxygens (including phenoxy) is 1. The van der Waals surface area contributed by atoms with Gasteiger partial charge in [-0.15, -0.1) is 0 Å². The molecule has 1 aliphatic rings. The van der Waals surface area contributed by atoms with Gasteiger partial charge < -0.3 is 19.9 Å². The topological polar surface area (TPSA) is 66.7 Å². The lowest BCUT2D eigenvalue weighted by molar-refractivity contribution is 0.0132. The van der Waals surface area contributed by atoms with E-state index in [-0.39, 0.29) is 0 Å². The minimum absolute atomic E-state index is 0.490. The number of aliphatic imine (C=N–C) groups is 1. The second-order valence-corrected chi connectivity index (χ2v) is 8.66. The van der Waals surface area contributed by atoms with E-state index in [1.807, 2.05) is 26.4 Å². The van der Waals surface area contributed by atoms with Crippen LogP contribution in [0.25, 0.3) is 0 Å². The molecule has 0 bridgehead atoms. The third-order valence-electron chi connectivity index (χ3n) is 5.76. The Labute approximate surface area is 186 Å². The SMILES string of the molecule is CN=C(NCc1cccc(Cn2ccnc2C)c1)NCC(CC(C)C)N1CCOCC1. The number of morpholine rings is 1. The average Bonchev–Trinajstić information content (AvgIpc) is 3.18. The average molecular weight is 427 g/mol. The smallest absolute Gasteiger partial charge is 0.191 e. The Morgan fingerprint density at radius 2 is 1.97 bits per heavy atom. The quantitative estimate of drug-likeness (QED) is 0.477. The van der Waals surface area contributed by atoms with Crippen LogP contribution in [0.1, 0.15) is 37.2 Å². The van der Waals surface area contributed by atoms with Crippen molar-refractivity contribution in [3.63, 3.8) is 0 Å².